The van der Waals surface area contributed by atoms with Crippen molar-refractivity contribution >= 4 is 6.03 Å². The summed E-state index contributed by atoms with van der Waals surface area (Å²) in [4.78, 5) is 13.5. The van der Waals surface area contributed by atoms with Crippen LogP contribution < -0.4 is 5.32 Å². The van der Waals surface area contributed by atoms with Crippen molar-refractivity contribution in [3.8, 4) is 0 Å². The van der Waals surface area contributed by atoms with Gasteiger partial charge >= 0.3 is 6.03 Å². The molecule has 0 bridgehead atoms. The van der Waals surface area contributed by atoms with Crippen LogP contribution in [0.15, 0.2) is 0 Å². The van der Waals surface area contributed by atoms with Gasteiger partial charge in [0.15, 0.2) is 0 Å². The van der Waals surface area contributed by atoms with Crippen molar-refractivity contribution in [2.45, 2.75) is 6.92 Å². The first-order valence-corrected chi connectivity index (χ1v) is 5.38. The second-order valence-corrected chi connectivity index (χ2v) is 4.56. The number of nitrogens with one attached hydrogen (secondary N) is 1. The van der Waals surface area contributed by atoms with E-state index < -0.39 is 0 Å². The van der Waals surface area contributed by atoms with Crippen LogP contribution in [0.2, 0.25) is 0 Å². The highest BCUT2D eigenvalue weighted by Crippen LogP contribution is 2.25. The van der Waals surface area contributed by atoms with Crippen molar-refractivity contribution in [3.63, 3.8) is 0 Å². The Morgan fingerprint density at radius 1 is 1.33 bits per heavy atom. The lowest BCUT2D eigenvalue weighted by Gasteiger charge is -2.38. The maximum atomic E-state index is 11.7. The van der Waals surface area contributed by atoms with Gasteiger partial charge in [-0.25, -0.2) is 4.79 Å². The summed E-state index contributed by atoms with van der Waals surface area (Å²) < 4.78 is 10.3. The maximum Gasteiger partial charge on any atom is 0.317 e. The number of amides is 2. The lowest BCUT2D eigenvalue weighted by Crippen LogP contribution is -2.53. The van der Waals surface area contributed by atoms with Gasteiger partial charge in [-0.3, -0.25) is 0 Å². The monoisotopic (exact) mass is 214 g/mol. The third kappa shape index (κ3) is 2.60. The average molecular weight is 214 g/mol. The van der Waals surface area contributed by atoms with Crippen molar-refractivity contribution in [1.82, 2.24) is 10.2 Å². The van der Waals surface area contributed by atoms with Gasteiger partial charge in [0.25, 0.3) is 0 Å². The quantitative estimate of drug-likeness (QED) is 0.707. The standard InChI is InChI=1S/C10H18N2O3/c1-10(7-15-8-10)6-11-9(13)12-2-4-14-5-3-12/h2-8H2,1H3,(H,11,13). The molecule has 0 aliphatic carbocycles. The smallest absolute Gasteiger partial charge is 0.317 e. The van der Waals surface area contributed by atoms with Crippen LogP contribution in [0.1, 0.15) is 6.92 Å². The van der Waals surface area contributed by atoms with Crippen molar-refractivity contribution in [3.05, 3.63) is 0 Å². The summed E-state index contributed by atoms with van der Waals surface area (Å²) in [5.74, 6) is 0. The highest BCUT2D eigenvalue weighted by Gasteiger charge is 2.34. The zero-order valence-corrected chi connectivity index (χ0v) is 9.12. The summed E-state index contributed by atoms with van der Waals surface area (Å²) >= 11 is 0. The van der Waals surface area contributed by atoms with E-state index >= 15 is 0 Å². The molecule has 0 aromatic heterocycles. The number of hydrogen-bond donors (Lipinski definition) is 1. The van der Waals surface area contributed by atoms with Crippen LogP contribution in [-0.4, -0.2) is 57.0 Å². The molecule has 0 atom stereocenters. The topological polar surface area (TPSA) is 50.8 Å². The summed E-state index contributed by atoms with van der Waals surface area (Å²) in [6.07, 6.45) is 0. The van der Waals surface area contributed by atoms with Gasteiger partial charge in [0.05, 0.1) is 26.4 Å². The molecule has 5 nitrogen and oxygen atoms in total. The zero-order valence-electron chi connectivity index (χ0n) is 9.12. The molecule has 15 heavy (non-hydrogen) atoms. The lowest BCUT2D eigenvalue weighted by molar-refractivity contribution is -0.0980. The largest absolute Gasteiger partial charge is 0.380 e. The number of nitrogens with zero attached hydrogens (tertiary/aromatic N) is 1. The average Bonchev–Trinajstić information content (AvgIpc) is 2.24. The first kappa shape index (κ1) is 10.7. The SMILES string of the molecule is CC1(CNC(=O)N2CCOCC2)COC1. The molecule has 1 N–H and O–H groups in total. The second kappa shape index (κ2) is 4.37. The summed E-state index contributed by atoms with van der Waals surface area (Å²) in [5.41, 5.74) is 0.141. The molecule has 0 saturated carbocycles. The van der Waals surface area contributed by atoms with Crippen LogP contribution in [0.3, 0.4) is 0 Å². The molecule has 86 valence electrons. The van der Waals surface area contributed by atoms with Crippen LogP contribution in [0.5, 0.6) is 0 Å². The Bertz CT molecular complexity index is 235. The summed E-state index contributed by atoms with van der Waals surface area (Å²) in [6.45, 7) is 6.99. The molecule has 5 heteroatoms. The Labute approximate surface area is 89.7 Å². The summed E-state index contributed by atoms with van der Waals surface area (Å²) in [6, 6.07) is 0.0198. The van der Waals surface area contributed by atoms with Crippen LogP contribution in [0.4, 0.5) is 4.79 Å². The Kier molecular flexibility index (Phi) is 3.11. The fraction of sp³-hybridized carbons (Fsp3) is 0.900. The predicted octanol–water partition coefficient (Wildman–Crippen LogP) is 0.0647. The maximum absolute atomic E-state index is 11.7. The van der Waals surface area contributed by atoms with E-state index in [9.17, 15) is 4.79 Å². The Hall–Kier alpha value is -0.810. The molecule has 2 aliphatic heterocycles. The lowest BCUT2D eigenvalue weighted by atomic mass is 9.89. The molecule has 2 fully saturated rings. The van der Waals surface area contributed by atoms with Crippen molar-refractivity contribution in [1.29, 1.82) is 0 Å². The minimum Gasteiger partial charge on any atom is -0.380 e. The third-order valence-electron chi connectivity index (χ3n) is 2.87. The molecule has 2 rings (SSSR count). The molecular weight excluding hydrogens is 196 g/mol. The molecule has 2 aliphatic rings. The van der Waals surface area contributed by atoms with Gasteiger partial charge in [0.1, 0.15) is 0 Å². The van der Waals surface area contributed by atoms with Gasteiger partial charge in [-0.15, -0.1) is 0 Å². The molecule has 2 amide bonds. The van der Waals surface area contributed by atoms with E-state index in [1.165, 1.54) is 0 Å². The first-order valence-electron chi connectivity index (χ1n) is 5.38. The highest BCUT2D eigenvalue weighted by atomic mass is 16.5. The van der Waals surface area contributed by atoms with Gasteiger partial charge in [0, 0.05) is 25.0 Å². The molecule has 0 spiro atoms. The second-order valence-electron chi connectivity index (χ2n) is 4.56. The number of urea groups is 1. The van der Waals surface area contributed by atoms with E-state index in [1.54, 1.807) is 4.90 Å². The normalized spacial score (nSPS) is 24.5. The molecular formula is C10H18N2O3. The fourth-order valence-electron chi connectivity index (χ4n) is 1.72. The molecule has 0 aromatic carbocycles. The fourth-order valence-corrected chi connectivity index (χ4v) is 1.72. The van der Waals surface area contributed by atoms with Crippen LogP contribution in [0.25, 0.3) is 0 Å². The molecule has 2 saturated heterocycles. The van der Waals surface area contributed by atoms with Gasteiger partial charge in [-0.2, -0.15) is 0 Å². The van der Waals surface area contributed by atoms with Gasteiger partial charge in [0.2, 0.25) is 0 Å². The van der Waals surface area contributed by atoms with Crippen LogP contribution in [-0.2, 0) is 9.47 Å². The summed E-state index contributed by atoms with van der Waals surface area (Å²) in [7, 11) is 0. The first-order chi connectivity index (χ1) is 7.20. The Balaban J connectivity index is 1.71. The number of ether oxygens (including phenoxy) is 2. The molecule has 0 aromatic rings. The van der Waals surface area contributed by atoms with Gasteiger partial charge < -0.3 is 19.7 Å². The molecule has 2 heterocycles. The van der Waals surface area contributed by atoms with Crippen molar-refractivity contribution < 1.29 is 14.3 Å². The molecule has 0 radical (unpaired) electrons. The van der Waals surface area contributed by atoms with Gasteiger partial charge in [-0.05, 0) is 0 Å². The van der Waals surface area contributed by atoms with Crippen LogP contribution >= 0.6 is 0 Å². The minimum absolute atomic E-state index is 0.0198. The highest BCUT2D eigenvalue weighted by molar-refractivity contribution is 5.74. The molecule has 0 unspecified atom stereocenters. The number of carbonyl (C=O) groups is 1. The number of rotatable bonds is 2. The van der Waals surface area contributed by atoms with Crippen molar-refractivity contribution in [2.24, 2.45) is 5.41 Å². The van der Waals surface area contributed by atoms with E-state index in [1.807, 2.05) is 0 Å². The van der Waals surface area contributed by atoms with E-state index in [0.717, 1.165) is 13.2 Å². The van der Waals surface area contributed by atoms with E-state index in [-0.39, 0.29) is 11.4 Å². The Morgan fingerprint density at radius 2 is 2.00 bits per heavy atom. The van der Waals surface area contributed by atoms with E-state index in [4.69, 9.17) is 9.47 Å². The summed E-state index contributed by atoms with van der Waals surface area (Å²) in [5, 5.41) is 2.95. The predicted molar refractivity (Wildman–Crippen MR) is 54.7 cm³/mol. The van der Waals surface area contributed by atoms with Crippen molar-refractivity contribution in [2.75, 3.05) is 46.1 Å². The number of morpholine rings is 1. The van der Waals surface area contributed by atoms with Crippen LogP contribution in [0, 0.1) is 5.41 Å². The Morgan fingerprint density at radius 3 is 2.53 bits per heavy atom. The number of hydrogen-bond acceptors (Lipinski definition) is 3. The van der Waals surface area contributed by atoms with Gasteiger partial charge in [-0.1, -0.05) is 6.92 Å². The van der Waals surface area contributed by atoms with E-state index in [0.29, 0.717) is 32.8 Å². The number of carbonyl (C=O) groups excluding carboxylic acids is 1. The zero-order chi connectivity index (χ0) is 10.7. The minimum atomic E-state index is 0.0198. The van der Waals surface area contributed by atoms with E-state index in [2.05, 4.69) is 12.2 Å². The third-order valence-corrected chi connectivity index (χ3v) is 2.87.